The molecular formula is C23H34N6O9. The van der Waals surface area contributed by atoms with Crippen LogP contribution in [0.1, 0.15) is 38.2 Å². The second-order valence-electron chi connectivity index (χ2n) is 8.67. The summed E-state index contributed by atoms with van der Waals surface area (Å²) in [4.78, 5) is 71.9. The van der Waals surface area contributed by atoms with Crippen molar-refractivity contribution in [3.63, 3.8) is 0 Å². The number of aliphatic hydroxyl groups is 1. The predicted octanol–water partition coefficient (Wildman–Crippen LogP) is -3.29. The summed E-state index contributed by atoms with van der Waals surface area (Å²) in [6, 6.07) is -0.0633. The largest absolute Gasteiger partial charge is 0.508 e. The Balaban J connectivity index is 3.11. The van der Waals surface area contributed by atoms with Crippen molar-refractivity contribution in [2.24, 2.45) is 17.2 Å². The lowest BCUT2D eigenvalue weighted by atomic mass is 10.0. The van der Waals surface area contributed by atoms with Gasteiger partial charge in [0, 0.05) is 19.3 Å². The van der Waals surface area contributed by atoms with Crippen LogP contribution in [0.5, 0.6) is 5.75 Å². The molecule has 0 radical (unpaired) electrons. The minimum Gasteiger partial charge on any atom is -0.508 e. The van der Waals surface area contributed by atoms with Crippen LogP contribution in [0.3, 0.4) is 0 Å². The Labute approximate surface area is 218 Å². The Morgan fingerprint density at radius 2 is 1.34 bits per heavy atom. The molecule has 0 aromatic heterocycles. The molecule has 1 aromatic rings. The topological polar surface area (TPSA) is 277 Å². The van der Waals surface area contributed by atoms with E-state index >= 15 is 0 Å². The summed E-state index contributed by atoms with van der Waals surface area (Å²) in [5.74, 6) is -5.73. The number of primary amides is 2. The normalized spacial score (nSPS) is 14.7. The zero-order valence-electron chi connectivity index (χ0n) is 20.8. The Hall–Kier alpha value is -4.24. The third-order valence-electron chi connectivity index (χ3n) is 5.40. The number of hydrogen-bond acceptors (Lipinski definition) is 9. The second-order valence-corrected chi connectivity index (χ2v) is 8.67. The van der Waals surface area contributed by atoms with Gasteiger partial charge in [-0.15, -0.1) is 0 Å². The highest BCUT2D eigenvalue weighted by atomic mass is 16.4. The maximum Gasteiger partial charge on any atom is 0.326 e. The number of carboxylic acid groups (broad SMARTS) is 1. The zero-order chi connectivity index (χ0) is 29.0. The van der Waals surface area contributed by atoms with Crippen LogP contribution in [0.15, 0.2) is 24.3 Å². The van der Waals surface area contributed by atoms with Gasteiger partial charge in [-0.2, -0.15) is 0 Å². The molecule has 12 N–H and O–H groups in total. The van der Waals surface area contributed by atoms with Crippen molar-refractivity contribution >= 4 is 35.5 Å². The van der Waals surface area contributed by atoms with E-state index in [1.54, 1.807) is 0 Å². The van der Waals surface area contributed by atoms with Crippen molar-refractivity contribution in [2.45, 2.75) is 69.3 Å². The summed E-state index contributed by atoms with van der Waals surface area (Å²) >= 11 is 0. The molecule has 0 spiro atoms. The Morgan fingerprint density at radius 3 is 1.84 bits per heavy atom. The molecule has 0 saturated heterocycles. The van der Waals surface area contributed by atoms with E-state index in [0.717, 1.165) is 0 Å². The van der Waals surface area contributed by atoms with Gasteiger partial charge in [-0.3, -0.25) is 24.0 Å². The third kappa shape index (κ3) is 11.2. The molecule has 0 aliphatic carbocycles. The Morgan fingerprint density at radius 1 is 0.816 bits per heavy atom. The first-order chi connectivity index (χ1) is 17.7. The van der Waals surface area contributed by atoms with Gasteiger partial charge in [0.05, 0.1) is 12.1 Å². The quantitative estimate of drug-likeness (QED) is 0.101. The SMILES string of the molecule is CC(O)C(NC(=O)C(N)CCC(N)=O)C(=O)NC(Cc1ccc(O)cc1)C(=O)NC(CCC(N)=O)C(=O)O. The van der Waals surface area contributed by atoms with Gasteiger partial charge in [0.25, 0.3) is 0 Å². The highest BCUT2D eigenvalue weighted by molar-refractivity contribution is 5.94. The van der Waals surface area contributed by atoms with Crippen LogP contribution in [0, 0.1) is 0 Å². The van der Waals surface area contributed by atoms with Gasteiger partial charge >= 0.3 is 5.97 Å². The summed E-state index contributed by atoms with van der Waals surface area (Å²) in [5, 5.41) is 35.9. The van der Waals surface area contributed by atoms with Crippen LogP contribution >= 0.6 is 0 Å². The fourth-order valence-corrected chi connectivity index (χ4v) is 3.25. The smallest absolute Gasteiger partial charge is 0.326 e. The number of nitrogens with two attached hydrogens (primary N) is 3. The maximum atomic E-state index is 13.0. The Kier molecular flexibility index (Phi) is 12.6. The van der Waals surface area contributed by atoms with Gasteiger partial charge < -0.3 is 48.5 Å². The molecule has 0 fully saturated rings. The number of benzene rings is 1. The van der Waals surface area contributed by atoms with Crippen LogP contribution in [0.25, 0.3) is 0 Å². The molecule has 1 rings (SSSR count). The Bertz CT molecular complexity index is 1020. The standard InChI is InChI=1S/C23H34N6O9/c1-11(30)19(29-20(34)14(24)6-8-17(25)32)22(36)28-16(10-12-2-4-13(31)5-3-12)21(35)27-15(23(37)38)7-9-18(26)33/h2-5,11,14-16,19,30-31H,6-10,24H2,1H3,(H2,25,32)(H2,26,33)(H,27,35)(H,28,36)(H,29,34)(H,37,38). The van der Waals surface area contributed by atoms with E-state index in [4.69, 9.17) is 17.2 Å². The van der Waals surface area contributed by atoms with Crippen LogP contribution in [-0.2, 0) is 35.2 Å². The zero-order valence-corrected chi connectivity index (χ0v) is 20.8. The first-order valence-corrected chi connectivity index (χ1v) is 11.6. The number of aliphatic carboxylic acids is 1. The molecule has 0 bridgehead atoms. The van der Waals surface area contributed by atoms with E-state index in [1.807, 2.05) is 0 Å². The van der Waals surface area contributed by atoms with Crippen LogP contribution < -0.4 is 33.2 Å². The van der Waals surface area contributed by atoms with Crippen molar-refractivity contribution in [2.75, 3.05) is 0 Å². The predicted molar refractivity (Wildman–Crippen MR) is 132 cm³/mol. The molecule has 5 atom stereocenters. The molecule has 0 aliphatic rings. The molecule has 15 nitrogen and oxygen atoms in total. The number of hydrogen-bond donors (Lipinski definition) is 9. The third-order valence-corrected chi connectivity index (χ3v) is 5.40. The summed E-state index contributed by atoms with van der Waals surface area (Å²) < 4.78 is 0. The number of carbonyl (C=O) groups excluding carboxylic acids is 5. The minimum atomic E-state index is -1.57. The fourth-order valence-electron chi connectivity index (χ4n) is 3.25. The number of rotatable bonds is 16. The van der Waals surface area contributed by atoms with Gasteiger partial charge in [0.1, 0.15) is 23.9 Å². The van der Waals surface area contributed by atoms with E-state index < -0.39 is 65.8 Å². The number of nitrogens with one attached hydrogen (secondary N) is 3. The number of carboxylic acids is 1. The van der Waals surface area contributed by atoms with Crippen LogP contribution in [0.2, 0.25) is 0 Å². The van der Waals surface area contributed by atoms with E-state index in [9.17, 15) is 44.1 Å². The first-order valence-electron chi connectivity index (χ1n) is 11.6. The van der Waals surface area contributed by atoms with E-state index in [2.05, 4.69) is 16.0 Å². The molecule has 38 heavy (non-hydrogen) atoms. The number of carbonyl (C=O) groups is 6. The summed E-state index contributed by atoms with van der Waals surface area (Å²) in [6.07, 6.45) is -2.52. The molecule has 15 heteroatoms. The number of amides is 5. The average Bonchev–Trinajstić information content (AvgIpc) is 2.83. The van der Waals surface area contributed by atoms with Crippen molar-refractivity contribution < 1.29 is 44.1 Å². The van der Waals surface area contributed by atoms with Gasteiger partial charge in [0.15, 0.2) is 0 Å². The molecule has 1 aromatic carbocycles. The number of aromatic hydroxyl groups is 1. The second kappa shape index (κ2) is 15.1. The van der Waals surface area contributed by atoms with Crippen molar-refractivity contribution in [3.8, 4) is 5.75 Å². The lowest BCUT2D eigenvalue weighted by Crippen LogP contribution is -2.60. The lowest BCUT2D eigenvalue weighted by Gasteiger charge is -2.26. The van der Waals surface area contributed by atoms with Crippen molar-refractivity contribution in [1.82, 2.24) is 16.0 Å². The molecular weight excluding hydrogens is 504 g/mol. The van der Waals surface area contributed by atoms with Crippen LogP contribution in [0.4, 0.5) is 0 Å². The van der Waals surface area contributed by atoms with Crippen LogP contribution in [-0.4, -0.2) is 81.1 Å². The highest BCUT2D eigenvalue weighted by Crippen LogP contribution is 2.12. The molecule has 5 amide bonds. The van der Waals surface area contributed by atoms with Gasteiger partial charge in [-0.05, 0) is 37.5 Å². The molecule has 0 saturated carbocycles. The minimum absolute atomic E-state index is 0.0549. The number of phenolic OH excluding ortho intramolecular Hbond substituents is 1. The average molecular weight is 539 g/mol. The fraction of sp³-hybridized carbons (Fsp3) is 0.478. The monoisotopic (exact) mass is 538 g/mol. The van der Waals surface area contributed by atoms with Crippen molar-refractivity contribution in [1.29, 1.82) is 0 Å². The molecule has 0 heterocycles. The molecule has 0 aliphatic heterocycles. The van der Waals surface area contributed by atoms with Gasteiger partial charge in [0.2, 0.25) is 29.5 Å². The molecule has 210 valence electrons. The van der Waals surface area contributed by atoms with Gasteiger partial charge in [-0.25, -0.2) is 4.79 Å². The number of aliphatic hydroxyl groups excluding tert-OH is 1. The summed E-state index contributed by atoms with van der Waals surface area (Å²) in [5.41, 5.74) is 16.3. The van der Waals surface area contributed by atoms with Crippen molar-refractivity contribution in [3.05, 3.63) is 29.8 Å². The summed E-state index contributed by atoms with van der Waals surface area (Å²) in [6.45, 7) is 1.21. The number of phenols is 1. The van der Waals surface area contributed by atoms with E-state index in [1.165, 1.54) is 31.2 Å². The van der Waals surface area contributed by atoms with Gasteiger partial charge in [-0.1, -0.05) is 12.1 Å². The first kappa shape index (κ1) is 31.8. The van der Waals surface area contributed by atoms with E-state index in [-0.39, 0.29) is 37.9 Å². The maximum absolute atomic E-state index is 13.0. The lowest BCUT2D eigenvalue weighted by molar-refractivity contribution is -0.142. The highest BCUT2D eigenvalue weighted by Gasteiger charge is 2.32. The van der Waals surface area contributed by atoms with E-state index in [0.29, 0.717) is 5.56 Å². The molecule has 5 unspecified atom stereocenters. The summed E-state index contributed by atoms with van der Waals surface area (Å²) in [7, 11) is 0.